The third-order valence-corrected chi connectivity index (χ3v) is 2.34. The first-order valence-electron chi connectivity index (χ1n) is 5.21. The second kappa shape index (κ2) is 6.39. The standard InChI is InChI=1S/C13H19N/c1-3-4-10-14-11-12(2)13-8-6-5-7-9-13/h3,5-9,12,14H,1,4,10-11H2,2H3. The van der Waals surface area contributed by atoms with E-state index in [0.717, 1.165) is 19.5 Å². The molecule has 1 aromatic rings. The molecule has 0 heterocycles. The molecule has 0 amide bonds. The Morgan fingerprint density at radius 2 is 2.07 bits per heavy atom. The smallest absolute Gasteiger partial charge is 0.00176 e. The predicted octanol–water partition coefficient (Wildman–Crippen LogP) is 2.96. The van der Waals surface area contributed by atoms with Crippen molar-refractivity contribution in [1.82, 2.24) is 5.32 Å². The summed E-state index contributed by atoms with van der Waals surface area (Å²) in [6.07, 6.45) is 2.99. The fourth-order valence-electron chi connectivity index (χ4n) is 1.42. The average molecular weight is 189 g/mol. The summed E-state index contributed by atoms with van der Waals surface area (Å²) in [5.41, 5.74) is 1.40. The zero-order valence-electron chi connectivity index (χ0n) is 8.87. The van der Waals surface area contributed by atoms with Gasteiger partial charge in [0.2, 0.25) is 0 Å². The minimum Gasteiger partial charge on any atom is -0.316 e. The van der Waals surface area contributed by atoms with Crippen LogP contribution in [0.15, 0.2) is 43.0 Å². The van der Waals surface area contributed by atoms with Gasteiger partial charge in [-0.05, 0) is 24.4 Å². The lowest BCUT2D eigenvalue weighted by molar-refractivity contribution is 0.619. The van der Waals surface area contributed by atoms with Crippen LogP contribution in [0.4, 0.5) is 0 Å². The van der Waals surface area contributed by atoms with Crippen LogP contribution in [0.25, 0.3) is 0 Å². The number of hydrogen-bond donors (Lipinski definition) is 1. The van der Waals surface area contributed by atoms with E-state index in [1.807, 2.05) is 6.08 Å². The lowest BCUT2D eigenvalue weighted by Crippen LogP contribution is -2.20. The number of rotatable bonds is 6. The maximum absolute atomic E-state index is 3.70. The molecule has 0 saturated carbocycles. The first kappa shape index (κ1) is 11.0. The normalized spacial score (nSPS) is 12.4. The van der Waals surface area contributed by atoms with E-state index in [0.29, 0.717) is 5.92 Å². The molecule has 1 rings (SSSR count). The van der Waals surface area contributed by atoms with Crippen LogP contribution in [0.2, 0.25) is 0 Å². The van der Waals surface area contributed by atoms with Crippen LogP contribution in [-0.4, -0.2) is 13.1 Å². The van der Waals surface area contributed by atoms with Crippen LogP contribution >= 0.6 is 0 Å². The van der Waals surface area contributed by atoms with Crippen molar-refractivity contribution in [1.29, 1.82) is 0 Å². The van der Waals surface area contributed by atoms with Crippen molar-refractivity contribution in [3.63, 3.8) is 0 Å². The summed E-state index contributed by atoms with van der Waals surface area (Å²) in [6.45, 7) is 8.01. The molecule has 1 aromatic carbocycles. The molecular formula is C13H19N. The highest BCUT2D eigenvalue weighted by molar-refractivity contribution is 5.18. The Morgan fingerprint density at radius 3 is 2.71 bits per heavy atom. The molecule has 0 spiro atoms. The molecular weight excluding hydrogens is 170 g/mol. The lowest BCUT2D eigenvalue weighted by Gasteiger charge is -2.12. The van der Waals surface area contributed by atoms with Gasteiger partial charge in [0.1, 0.15) is 0 Å². The maximum atomic E-state index is 3.70. The summed E-state index contributed by atoms with van der Waals surface area (Å²) >= 11 is 0. The first-order valence-corrected chi connectivity index (χ1v) is 5.21. The minimum absolute atomic E-state index is 0.584. The highest BCUT2D eigenvalue weighted by Crippen LogP contribution is 2.12. The summed E-state index contributed by atoms with van der Waals surface area (Å²) in [6, 6.07) is 10.6. The largest absolute Gasteiger partial charge is 0.316 e. The molecule has 14 heavy (non-hydrogen) atoms. The Balaban J connectivity index is 2.28. The molecule has 1 heteroatoms. The summed E-state index contributed by atoms with van der Waals surface area (Å²) in [7, 11) is 0. The summed E-state index contributed by atoms with van der Waals surface area (Å²) in [5, 5.41) is 3.41. The third kappa shape index (κ3) is 3.75. The van der Waals surface area contributed by atoms with Crippen molar-refractivity contribution >= 4 is 0 Å². The van der Waals surface area contributed by atoms with Gasteiger partial charge in [0, 0.05) is 6.54 Å². The Labute approximate surface area is 86.8 Å². The van der Waals surface area contributed by atoms with Gasteiger partial charge in [0.25, 0.3) is 0 Å². The SMILES string of the molecule is C=CCCNCC(C)c1ccccc1. The molecule has 0 aliphatic rings. The van der Waals surface area contributed by atoms with E-state index in [9.17, 15) is 0 Å². The van der Waals surface area contributed by atoms with Crippen molar-refractivity contribution in [3.05, 3.63) is 48.6 Å². The Hall–Kier alpha value is -1.08. The number of benzene rings is 1. The molecule has 0 aliphatic heterocycles. The molecule has 1 unspecified atom stereocenters. The highest BCUT2D eigenvalue weighted by atomic mass is 14.8. The second-order valence-corrected chi connectivity index (χ2v) is 3.59. The van der Waals surface area contributed by atoms with Crippen molar-refractivity contribution < 1.29 is 0 Å². The van der Waals surface area contributed by atoms with Gasteiger partial charge >= 0.3 is 0 Å². The fourth-order valence-corrected chi connectivity index (χ4v) is 1.42. The van der Waals surface area contributed by atoms with Crippen molar-refractivity contribution in [3.8, 4) is 0 Å². The topological polar surface area (TPSA) is 12.0 Å². The summed E-state index contributed by atoms with van der Waals surface area (Å²) in [4.78, 5) is 0. The Kier molecular flexibility index (Phi) is 5.02. The average Bonchev–Trinajstić information content (AvgIpc) is 2.25. The second-order valence-electron chi connectivity index (χ2n) is 3.59. The van der Waals surface area contributed by atoms with E-state index in [2.05, 4.69) is 49.2 Å². The van der Waals surface area contributed by atoms with Crippen LogP contribution in [-0.2, 0) is 0 Å². The first-order chi connectivity index (χ1) is 6.84. The summed E-state index contributed by atoms with van der Waals surface area (Å²) < 4.78 is 0. The van der Waals surface area contributed by atoms with E-state index >= 15 is 0 Å². The van der Waals surface area contributed by atoms with E-state index in [4.69, 9.17) is 0 Å². The van der Waals surface area contributed by atoms with E-state index < -0.39 is 0 Å². The van der Waals surface area contributed by atoms with Gasteiger partial charge < -0.3 is 5.32 Å². The van der Waals surface area contributed by atoms with Crippen molar-refractivity contribution in [2.24, 2.45) is 0 Å². The third-order valence-electron chi connectivity index (χ3n) is 2.34. The molecule has 0 aromatic heterocycles. The predicted molar refractivity (Wildman–Crippen MR) is 62.5 cm³/mol. The molecule has 0 aliphatic carbocycles. The van der Waals surface area contributed by atoms with Gasteiger partial charge in [-0.25, -0.2) is 0 Å². The molecule has 0 fully saturated rings. The van der Waals surface area contributed by atoms with E-state index in [1.165, 1.54) is 5.56 Å². The summed E-state index contributed by atoms with van der Waals surface area (Å²) in [5.74, 6) is 0.584. The van der Waals surface area contributed by atoms with Crippen LogP contribution in [0.3, 0.4) is 0 Å². The van der Waals surface area contributed by atoms with Crippen LogP contribution in [0, 0.1) is 0 Å². The quantitative estimate of drug-likeness (QED) is 0.536. The molecule has 0 bridgehead atoms. The fraction of sp³-hybridized carbons (Fsp3) is 0.385. The molecule has 76 valence electrons. The van der Waals surface area contributed by atoms with Gasteiger partial charge in [-0.3, -0.25) is 0 Å². The van der Waals surface area contributed by atoms with Gasteiger partial charge in [-0.15, -0.1) is 6.58 Å². The molecule has 0 radical (unpaired) electrons. The van der Waals surface area contributed by atoms with E-state index in [1.54, 1.807) is 0 Å². The minimum atomic E-state index is 0.584. The highest BCUT2D eigenvalue weighted by Gasteiger charge is 2.02. The van der Waals surface area contributed by atoms with Crippen LogP contribution < -0.4 is 5.32 Å². The zero-order valence-corrected chi connectivity index (χ0v) is 8.87. The van der Waals surface area contributed by atoms with Crippen molar-refractivity contribution in [2.75, 3.05) is 13.1 Å². The molecule has 1 N–H and O–H groups in total. The van der Waals surface area contributed by atoms with Crippen molar-refractivity contribution in [2.45, 2.75) is 19.3 Å². The van der Waals surface area contributed by atoms with E-state index in [-0.39, 0.29) is 0 Å². The number of nitrogens with one attached hydrogen (secondary N) is 1. The molecule has 0 saturated heterocycles. The molecule has 1 nitrogen and oxygen atoms in total. The van der Waals surface area contributed by atoms with Gasteiger partial charge in [-0.1, -0.05) is 43.3 Å². The van der Waals surface area contributed by atoms with Gasteiger partial charge in [0.15, 0.2) is 0 Å². The Bertz CT molecular complexity index is 253. The molecule has 1 atom stereocenters. The van der Waals surface area contributed by atoms with Crippen LogP contribution in [0.5, 0.6) is 0 Å². The van der Waals surface area contributed by atoms with Gasteiger partial charge in [0.05, 0.1) is 0 Å². The number of hydrogen-bond acceptors (Lipinski definition) is 1. The Morgan fingerprint density at radius 1 is 1.36 bits per heavy atom. The van der Waals surface area contributed by atoms with Gasteiger partial charge in [-0.2, -0.15) is 0 Å². The zero-order chi connectivity index (χ0) is 10.2. The monoisotopic (exact) mass is 189 g/mol. The lowest BCUT2D eigenvalue weighted by atomic mass is 10.0. The van der Waals surface area contributed by atoms with Crippen LogP contribution in [0.1, 0.15) is 24.8 Å². The maximum Gasteiger partial charge on any atom is 0.00176 e.